The number of fused-ring (bicyclic) bond motifs is 3. The summed E-state index contributed by atoms with van der Waals surface area (Å²) >= 11 is 1.66. The van der Waals surface area contributed by atoms with Gasteiger partial charge in [-0.1, -0.05) is 19.3 Å². The van der Waals surface area contributed by atoms with Crippen molar-refractivity contribution < 1.29 is 14.4 Å². The van der Waals surface area contributed by atoms with Gasteiger partial charge >= 0.3 is 0 Å². The fraction of sp³-hybridized carbons (Fsp3) is 0.864. The Morgan fingerprint density at radius 2 is 1.79 bits per heavy atom. The molecule has 1 aliphatic heterocycles. The van der Waals surface area contributed by atoms with E-state index in [-0.39, 0.29) is 35.6 Å². The topological polar surface area (TPSA) is 66.5 Å². The van der Waals surface area contributed by atoms with Crippen molar-refractivity contribution in [1.82, 2.24) is 10.2 Å². The fourth-order valence-electron chi connectivity index (χ4n) is 6.44. The molecule has 156 valence electrons. The Morgan fingerprint density at radius 1 is 1.11 bits per heavy atom. The lowest BCUT2D eigenvalue weighted by molar-refractivity contribution is -0.148. The van der Waals surface area contributed by atoms with Crippen molar-refractivity contribution in [3.05, 3.63) is 0 Å². The van der Waals surface area contributed by atoms with Gasteiger partial charge in [0.25, 0.3) is 0 Å². The van der Waals surface area contributed by atoms with E-state index in [1.54, 1.807) is 11.8 Å². The van der Waals surface area contributed by atoms with E-state index in [0.29, 0.717) is 12.3 Å². The van der Waals surface area contributed by atoms with Crippen molar-refractivity contribution in [2.75, 3.05) is 12.0 Å². The van der Waals surface area contributed by atoms with Gasteiger partial charge in [0, 0.05) is 6.04 Å². The summed E-state index contributed by atoms with van der Waals surface area (Å²) in [6.45, 7) is 2.11. The first-order valence-electron chi connectivity index (χ1n) is 11.2. The molecule has 0 spiro atoms. The van der Waals surface area contributed by atoms with Crippen LogP contribution >= 0.6 is 11.8 Å². The van der Waals surface area contributed by atoms with Crippen molar-refractivity contribution in [3.8, 4) is 0 Å². The summed E-state index contributed by atoms with van der Waals surface area (Å²) in [5, 5.41) is 3.22. The summed E-state index contributed by atoms with van der Waals surface area (Å²) in [5.74, 6) is 2.22. The van der Waals surface area contributed by atoms with E-state index in [0.717, 1.165) is 43.3 Å². The maximum atomic E-state index is 13.2. The summed E-state index contributed by atoms with van der Waals surface area (Å²) in [5.41, 5.74) is 0. The van der Waals surface area contributed by atoms with Gasteiger partial charge in [0.05, 0.1) is 11.8 Å². The van der Waals surface area contributed by atoms with Crippen LogP contribution in [0.25, 0.3) is 0 Å². The maximum absolute atomic E-state index is 13.2. The van der Waals surface area contributed by atoms with Crippen LogP contribution in [0.15, 0.2) is 0 Å². The van der Waals surface area contributed by atoms with Crippen LogP contribution in [0.2, 0.25) is 0 Å². The molecule has 0 radical (unpaired) electrons. The molecule has 3 saturated carbocycles. The van der Waals surface area contributed by atoms with E-state index < -0.39 is 6.04 Å². The van der Waals surface area contributed by atoms with E-state index in [1.165, 1.54) is 30.6 Å². The lowest BCUT2D eigenvalue weighted by Crippen LogP contribution is -2.53. The number of hydrogen-bond acceptors (Lipinski definition) is 4. The molecule has 6 heteroatoms. The summed E-state index contributed by atoms with van der Waals surface area (Å²) in [4.78, 5) is 40.6. The van der Waals surface area contributed by atoms with Gasteiger partial charge < -0.3 is 5.32 Å². The largest absolute Gasteiger partial charge is 0.352 e. The van der Waals surface area contributed by atoms with Crippen molar-refractivity contribution >= 4 is 29.5 Å². The molecule has 4 aliphatic rings. The van der Waals surface area contributed by atoms with Crippen molar-refractivity contribution in [1.29, 1.82) is 0 Å². The Bertz CT molecular complexity index is 615. The van der Waals surface area contributed by atoms with Crippen LogP contribution in [-0.2, 0) is 14.4 Å². The highest BCUT2D eigenvalue weighted by Gasteiger charge is 2.52. The van der Waals surface area contributed by atoms with Crippen molar-refractivity contribution in [2.24, 2.45) is 29.6 Å². The van der Waals surface area contributed by atoms with Gasteiger partial charge in [0.1, 0.15) is 6.04 Å². The van der Waals surface area contributed by atoms with Crippen molar-refractivity contribution in [3.63, 3.8) is 0 Å². The molecule has 4 fully saturated rings. The number of nitrogens with one attached hydrogen (secondary N) is 1. The summed E-state index contributed by atoms with van der Waals surface area (Å²) in [7, 11) is 0. The van der Waals surface area contributed by atoms with E-state index >= 15 is 0 Å². The molecule has 3 aliphatic carbocycles. The first kappa shape index (κ1) is 20.2. The van der Waals surface area contributed by atoms with Gasteiger partial charge in [-0.3, -0.25) is 19.3 Å². The van der Waals surface area contributed by atoms with Crippen LogP contribution in [0.4, 0.5) is 0 Å². The SMILES string of the molecule is CSCCC(C(=O)NC(C)C1CC2CCC1C2)N1C(=O)C2CCCCC2C1=O. The van der Waals surface area contributed by atoms with Gasteiger partial charge in [-0.15, -0.1) is 0 Å². The Balaban J connectivity index is 1.46. The van der Waals surface area contributed by atoms with Crippen molar-refractivity contribution in [2.45, 2.75) is 76.8 Å². The van der Waals surface area contributed by atoms with Gasteiger partial charge in [0.2, 0.25) is 17.7 Å². The Hall–Kier alpha value is -1.04. The third-order valence-electron chi connectivity index (χ3n) is 7.89. The maximum Gasteiger partial charge on any atom is 0.243 e. The number of nitrogens with zero attached hydrogens (tertiary/aromatic N) is 1. The third-order valence-corrected chi connectivity index (χ3v) is 8.53. The summed E-state index contributed by atoms with van der Waals surface area (Å²) in [6, 6.07) is -0.520. The standard InChI is InChI=1S/C22H34N2O3S/c1-13(18-12-14-7-8-15(18)11-14)23-20(25)19(9-10-28-2)24-21(26)16-5-3-4-6-17(16)22(24)27/h13-19H,3-12H2,1-2H3,(H,23,25). The van der Waals surface area contributed by atoms with Crippen LogP contribution in [0.1, 0.15) is 64.7 Å². The Morgan fingerprint density at radius 3 is 2.32 bits per heavy atom. The highest BCUT2D eigenvalue weighted by Crippen LogP contribution is 2.49. The average Bonchev–Trinajstić information content (AvgIpc) is 3.39. The number of imide groups is 1. The highest BCUT2D eigenvalue weighted by atomic mass is 32.2. The highest BCUT2D eigenvalue weighted by molar-refractivity contribution is 7.98. The lowest BCUT2D eigenvalue weighted by atomic mass is 9.81. The second-order valence-electron chi connectivity index (χ2n) is 9.48. The van der Waals surface area contributed by atoms with Crippen LogP contribution < -0.4 is 5.32 Å². The number of carbonyl (C=O) groups excluding carboxylic acids is 3. The molecule has 0 aromatic carbocycles. The van der Waals surface area contributed by atoms with E-state index in [4.69, 9.17) is 0 Å². The summed E-state index contributed by atoms with van der Waals surface area (Å²) < 4.78 is 0. The summed E-state index contributed by atoms with van der Waals surface area (Å²) in [6.07, 6.45) is 11.3. The van der Waals surface area contributed by atoms with Gasteiger partial charge in [-0.2, -0.15) is 11.8 Å². The normalized spacial score (nSPS) is 36.5. The molecule has 7 atom stereocenters. The molecule has 7 unspecified atom stereocenters. The number of thioether (sulfide) groups is 1. The molecular formula is C22H34N2O3S. The molecule has 2 bridgehead atoms. The number of amides is 3. The predicted molar refractivity (Wildman–Crippen MR) is 111 cm³/mol. The fourth-order valence-corrected chi connectivity index (χ4v) is 6.89. The van der Waals surface area contributed by atoms with Gasteiger partial charge in [-0.05, 0) is 75.2 Å². The molecule has 1 heterocycles. The molecule has 0 aromatic heterocycles. The molecule has 4 rings (SSSR count). The molecule has 1 N–H and O–H groups in total. The van der Waals surface area contributed by atoms with E-state index in [9.17, 15) is 14.4 Å². The van der Waals surface area contributed by atoms with Crippen LogP contribution in [-0.4, -0.2) is 46.7 Å². The average molecular weight is 407 g/mol. The molecule has 3 amide bonds. The number of rotatable bonds is 7. The lowest BCUT2D eigenvalue weighted by Gasteiger charge is -2.32. The van der Waals surface area contributed by atoms with Gasteiger partial charge in [-0.25, -0.2) is 0 Å². The van der Waals surface area contributed by atoms with E-state index in [2.05, 4.69) is 12.2 Å². The Kier molecular flexibility index (Phi) is 6.05. The predicted octanol–water partition coefficient (Wildman–Crippen LogP) is 3.22. The van der Waals surface area contributed by atoms with Crippen LogP contribution in [0.5, 0.6) is 0 Å². The second kappa shape index (κ2) is 8.37. The van der Waals surface area contributed by atoms with Crippen LogP contribution in [0, 0.1) is 29.6 Å². The van der Waals surface area contributed by atoms with E-state index in [1.807, 2.05) is 6.26 Å². The first-order chi connectivity index (χ1) is 13.5. The molecule has 0 aromatic rings. The second-order valence-corrected chi connectivity index (χ2v) is 10.5. The molecular weight excluding hydrogens is 372 g/mol. The first-order valence-corrected chi connectivity index (χ1v) is 12.6. The minimum absolute atomic E-state index is 0.0940. The Labute approximate surface area is 172 Å². The smallest absolute Gasteiger partial charge is 0.243 e. The zero-order valence-corrected chi connectivity index (χ0v) is 18.0. The van der Waals surface area contributed by atoms with Gasteiger partial charge in [0.15, 0.2) is 0 Å². The number of carbonyl (C=O) groups is 3. The minimum Gasteiger partial charge on any atom is -0.352 e. The molecule has 1 saturated heterocycles. The number of likely N-dealkylation sites (tertiary alicyclic amines) is 1. The number of hydrogen-bond donors (Lipinski definition) is 1. The zero-order valence-electron chi connectivity index (χ0n) is 17.2. The monoisotopic (exact) mass is 406 g/mol. The third kappa shape index (κ3) is 3.61. The quantitative estimate of drug-likeness (QED) is 0.659. The molecule has 28 heavy (non-hydrogen) atoms. The molecule has 5 nitrogen and oxygen atoms in total. The minimum atomic E-state index is -0.640. The zero-order chi connectivity index (χ0) is 19.8. The van der Waals surface area contributed by atoms with Crippen LogP contribution in [0.3, 0.4) is 0 Å².